The molecule has 7 nitrogen and oxygen atoms in total. The Morgan fingerprint density at radius 1 is 1.17 bits per heavy atom. The van der Waals surface area contributed by atoms with Crippen LogP contribution in [0.25, 0.3) is 0 Å². The van der Waals surface area contributed by atoms with Crippen molar-refractivity contribution in [1.82, 2.24) is 15.5 Å². The van der Waals surface area contributed by atoms with Gasteiger partial charge in [-0.2, -0.15) is 0 Å². The molecular weight excluding hydrogens is 612 g/mol. The number of allylic oxidation sites excluding steroid dienone is 3. The number of hydrogen-bond acceptors (Lipinski definition) is 5. The number of carbonyl (C=O) groups excluding carboxylic acids is 2. The van der Waals surface area contributed by atoms with E-state index in [9.17, 15) is 23.5 Å². The third-order valence-corrected chi connectivity index (χ3v) is 8.81. The molecule has 0 spiro atoms. The summed E-state index contributed by atoms with van der Waals surface area (Å²) in [5.74, 6) is 1.19. The van der Waals surface area contributed by atoms with Crippen LogP contribution in [0.15, 0.2) is 66.0 Å². The maximum absolute atomic E-state index is 14.6. The molecule has 3 N–H and O–H groups in total. The van der Waals surface area contributed by atoms with E-state index in [0.717, 1.165) is 17.2 Å². The van der Waals surface area contributed by atoms with Crippen molar-refractivity contribution in [2.75, 3.05) is 27.3 Å². The van der Waals surface area contributed by atoms with Crippen molar-refractivity contribution in [3.63, 3.8) is 0 Å². The first-order valence-electron chi connectivity index (χ1n) is 16.6. The van der Waals surface area contributed by atoms with Gasteiger partial charge >= 0.3 is 0 Å². The van der Waals surface area contributed by atoms with Crippen LogP contribution in [0.5, 0.6) is 0 Å². The third kappa shape index (κ3) is 11.7. The Balaban J connectivity index is 2.43. The van der Waals surface area contributed by atoms with Crippen molar-refractivity contribution in [1.29, 1.82) is 0 Å². The molecule has 2 aromatic rings. The Bertz CT molecular complexity index is 1480. The van der Waals surface area contributed by atoms with Crippen molar-refractivity contribution in [3.05, 3.63) is 93.8 Å². The van der Waals surface area contributed by atoms with E-state index in [0.29, 0.717) is 42.6 Å². The molecule has 9 heteroatoms. The molecule has 5 atom stereocenters. The number of terminal acetylenes is 1. The van der Waals surface area contributed by atoms with Crippen LogP contribution in [0.1, 0.15) is 97.7 Å². The number of ether oxygens (including phenoxy) is 1. The van der Waals surface area contributed by atoms with Crippen LogP contribution in [-0.2, 0) is 10.3 Å². The molecule has 0 saturated carbocycles. The molecule has 2 aromatic carbocycles. The summed E-state index contributed by atoms with van der Waals surface area (Å²) in [7, 11) is 3.29. The molecular formula is C39H53F2N3O4. The largest absolute Gasteiger partial charge is 0.390 e. The summed E-state index contributed by atoms with van der Waals surface area (Å²) < 4.78 is 33.3. The van der Waals surface area contributed by atoms with E-state index in [2.05, 4.69) is 16.6 Å². The molecule has 2 amide bonds. The molecule has 48 heavy (non-hydrogen) atoms. The average molecular weight is 666 g/mol. The van der Waals surface area contributed by atoms with Gasteiger partial charge < -0.3 is 25.4 Å². The number of halogens is 2. The van der Waals surface area contributed by atoms with Gasteiger partial charge in [0.2, 0.25) is 0 Å². The lowest BCUT2D eigenvalue weighted by atomic mass is 9.87. The zero-order valence-electron chi connectivity index (χ0n) is 29.7. The van der Waals surface area contributed by atoms with E-state index in [1.807, 2.05) is 52.0 Å². The maximum Gasteiger partial charge on any atom is 0.253 e. The zero-order valence-corrected chi connectivity index (χ0v) is 29.7. The number of aryl methyl sites for hydroxylation is 1. The smallest absolute Gasteiger partial charge is 0.253 e. The molecule has 0 bridgehead atoms. The fourth-order valence-corrected chi connectivity index (χ4v) is 5.54. The average Bonchev–Trinajstić information content (AvgIpc) is 3.07. The number of rotatable bonds is 18. The first kappa shape index (κ1) is 40.3. The SMILES string of the molecule is C#Cc1cccc(C(C)(CC)NCC(O)C(C/C(=C/C(F)=C\C(C)F)CC)NC(=O)c2cc(C)cc(C(=O)N(C)C(CC)COC)c2)c1. The Labute approximate surface area is 285 Å². The van der Waals surface area contributed by atoms with Gasteiger partial charge in [-0.1, -0.05) is 44.4 Å². The molecule has 0 fully saturated rings. The van der Waals surface area contributed by atoms with Gasteiger partial charge in [0.1, 0.15) is 12.0 Å². The number of amides is 2. The summed E-state index contributed by atoms with van der Waals surface area (Å²) in [6.07, 6.45) is 7.08. The first-order chi connectivity index (χ1) is 22.7. The molecule has 0 aliphatic rings. The van der Waals surface area contributed by atoms with Crippen molar-refractivity contribution in [3.8, 4) is 12.3 Å². The predicted octanol–water partition coefficient (Wildman–Crippen LogP) is 6.79. The minimum Gasteiger partial charge on any atom is -0.390 e. The van der Waals surface area contributed by atoms with Gasteiger partial charge in [-0.25, -0.2) is 8.78 Å². The maximum atomic E-state index is 14.6. The number of likely N-dealkylation sites (N-methyl/N-ethyl adjacent to an activating group) is 1. The molecule has 262 valence electrons. The number of aliphatic hydroxyl groups excluding tert-OH is 1. The van der Waals surface area contributed by atoms with E-state index in [1.165, 1.54) is 19.1 Å². The molecule has 5 unspecified atom stereocenters. The highest BCUT2D eigenvalue weighted by atomic mass is 19.1. The van der Waals surface area contributed by atoms with Gasteiger partial charge in [-0.3, -0.25) is 9.59 Å². The minimum atomic E-state index is -1.47. The Morgan fingerprint density at radius 2 is 1.85 bits per heavy atom. The number of hydrogen-bond donors (Lipinski definition) is 3. The number of nitrogens with zero attached hydrogens (tertiary/aromatic N) is 1. The second-order valence-electron chi connectivity index (χ2n) is 12.5. The highest BCUT2D eigenvalue weighted by Gasteiger charge is 2.29. The monoisotopic (exact) mass is 665 g/mol. The van der Waals surface area contributed by atoms with E-state index < -0.39 is 35.6 Å². The summed E-state index contributed by atoms with van der Waals surface area (Å²) in [5.41, 5.74) is 3.04. The number of carbonyl (C=O) groups is 2. The molecule has 0 heterocycles. The predicted molar refractivity (Wildman–Crippen MR) is 189 cm³/mol. The van der Waals surface area contributed by atoms with E-state index >= 15 is 0 Å². The van der Waals surface area contributed by atoms with Crippen LogP contribution < -0.4 is 10.6 Å². The van der Waals surface area contributed by atoms with Crippen LogP contribution in [0.3, 0.4) is 0 Å². The fraction of sp³-hybridized carbons (Fsp3) is 0.487. The molecule has 0 radical (unpaired) electrons. The summed E-state index contributed by atoms with van der Waals surface area (Å²) >= 11 is 0. The topological polar surface area (TPSA) is 90.9 Å². The summed E-state index contributed by atoms with van der Waals surface area (Å²) in [6, 6.07) is 11.6. The van der Waals surface area contributed by atoms with E-state index in [1.54, 1.807) is 38.1 Å². The minimum absolute atomic E-state index is 0.0899. The van der Waals surface area contributed by atoms with Gasteiger partial charge in [0, 0.05) is 42.9 Å². The van der Waals surface area contributed by atoms with Crippen LogP contribution in [-0.4, -0.2) is 73.5 Å². The van der Waals surface area contributed by atoms with Crippen molar-refractivity contribution in [2.24, 2.45) is 0 Å². The van der Waals surface area contributed by atoms with Gasteiger partial charge in [-0.15, -0.1) is 6.42 Å². The highest BCUT2D eigenvalue weighted by molar-refractivity contribution is 6.00. The third-order valence-electron chi connectivity index (χ3n) is 8.81. The van der Waals surface area contributed by atoms with Crippen LogP contribution in [0.2, 0.25) is 0 Å². The summed E-state index contributed by atoms with van der Waals surface area (Å²) in [6.45, 7) is 11.3. The van der Waals surface area contributed by atoms with Crippen LogP contribution in [0.4, 0.5) is 8.78 Å². The fourth-order valence-electron chi connectivity index (χ4n) is 5.54. The van der Waals surface area contributed by atoms with Gasteiger partial charge in [0.25, 0.3) is 11.8 Å². The van der Waals surface area contributed by atoms with Crippen molar-refractivity contribution >= 4 is 11.8 Å². The Hall–Kier alpha value is -3.84. The lowest BCUT2D eigenvalue weighted by molar-refractivity contribution is 0.0597. The molecule has 2 rings (SSSR count). The number of methoxy groups -OCH3 is 1. The first-order valence-corrected chi connectivity index (χ1v) is 16.6. The van der Waals surface area contributed by atoms with Crippen molar-refractivity contribution < 1.29 is 28.2 Å². The molecule has 0 saturated heterocycles. The normalized spacial score (nSPS) is 15.9. The van der Waals surface area contributed by atoms with Gasteiger partial charge in [-0.05, 0) is 100 Å². The second kappa shape index (κ2) is 19.2. The molecule has 0 aliphatic heterocycles. The lowest BCUT2D eigenvalue weighted by Crippen LogP contribution is -2.51. The number of aliphatic hydroxyl groups is 1. The van der Waals surface area contributed by atoms with Crippen molar-refractivity contribution in [2.45, 2.75) is 97.1 Å². The van der Waals surface area contributed by atoms with E-state index in [-0.39, 0.29) is 30.5 Å². The van der Waals surface area contributed by atoms with E-state index in [4.69, 9.17) is 11.2 Å². The Kier molecular flexibility index (Phi) is 16.2. The second-order valence-corrected chi connectivity index (χ2v) is 12.5. The molecule has 0 aromatic heterocycles. The quantitative estimate of drug-likeness (QED) is 0.121. The number of alkyl halides is 1. The number of nitrogens with one attached hydrogen (secondary N) is 2. The summed E-state index contributed by atoms with van der Waals surface area (Å²) in [4.78, 5) is 28.8. The van der Waals surface area contributed by atoms with Gasteiger partial charge in [0.15, 0.2) is 0 Å². The Morgan fingerprint density at radius 3 is 2.44 bits per heavy atom. The van der Waals surface area contributed by atoms with Crippen LogP contribution >= 0.6 is 0 Å². The highest BCUT2D eigenvalue weighted by Crippen LogP contribution is 2.26. The summed E-state index contributed by atoms with van der Waals surface area (Å²) in [5, 5.41) is 18.0. The molecule has 0 aliphatic carbocycles. The van der Waals surface area contributed by atoms with Gasteiger partial charge in [0.05, 0.1) is 24.8 Å². The van der Waals surface area contributed by atoms with Crippen LogP contribution in [0, 0.1) is 19.3 Å². The number of benzene rings is 2. The lowest BCUT2D eigenvalue weighted by Gasteiger charge is -2.34. The standard InChI is InChI=1S/C39H53F2N3O4/c1-10-28-15-14-16-32(20-28)39(7,13-4)42-24-36(45)35(22-29(11-2)21-33(41)19-27(6)40)43-37(46)30-17-26(5)18-31(23-30)38(47)44(8)34(12-3)25-48-9/h1,14-21,23,27,34-36,42,45H,11-13,22,24-25H2,2-9H3,(H,43,46)/b29-21+,33-19+. The zero-order chi connectivity index (χ0) is 36.0.